The quantitative estimate of drug-likeness (QED) is 0.310. The minimum Gasteiger partial charge on any atom is -0.493 e. The lowest BCUT2D eigenvalue weighted by atomic mass is 9.94. The molecule has 1 saturated heterocycles. The molecule has 0 spiro atoms. The number of fused-ring (bicyclic) bond motifs is 1. The van der Waals surface area contributed by atoms with Crippen molar-refractivity contribution in [3.05, 3.63) is 42.0 Å². The van der Waals surface area contributed by atoms with Crippen molar-refractivity contribution in [2.24, 2.45) is 11.8 Å². The van der Waals surface area contributed by atoms with E-state index in [9.17, 15) is 8.42 Å². The van der Waals surface area contributed by atoms with E-state index in [1.807, 2.05) is 19.9 Å². The summed E-state index contributed by atoms with van der Waals surface area (Å²) in [4.78, 5) is 4.78. The van der Waals surface area contributed by atoms with E-state index in [-0.39, 0.29) is 10.8 Å². The Kier molecular flexibility index (Phi) is 6.72. The molecule has 196 valence electrons. The third-order valence-electron chi connectivity index (χ3n) is 6.72. The molecule has 9 nitrogen and oxygen atoms in total. The summed E-state index contributed by atoms with van der Waals surface area (Å²) in [6.45, 7) is 9.52. The van der Waals surface area contributed by atoms with Crippen LogP contribution in [0.4, 0.5) is 0 Å². The SMILES string of the molecule is CCOc1ccc(-c2noc(-c3oc4ccc(S(=O)(=O)N5C[C@@H](C)C[C@H](C)C5)cc4c3C)n2)cc1OC. The number of piperidine rings is 1. The van der Waals surface area contributed by atoms with Crippen molar-refractivity contribution in [1.82, 2.24) is 14.4 Å². The van der Waals surface area contributed by atoms with Crippen LogP contribution >= 0.6 is 0 Å². The summed E-state index contributed by atoms with van der Waals surface area (Å²) in [6.07, 6.45) is 1.03. The maximum Gasteiger partial charge on any atom is 0.294 e. The number of aryl methyl sites for hydroxylation is 1. The number of benzene rings is 2. The zero-order chi connectivity index (χ0) is 26.3. The summed E-state index contributed by atoms with van der Waals surface area (Å²) < 4.78 is 51.0. The van der Waals surface area contributed by atoms with Crippen LogP contribution in [0.5, 0.6) is 11.5 Å². The molecule has 1 aliphatic rings. The molecule has 37 heavy (non-hydrogen) atoms. The first kappa shape index (κ1) is 25.3. The van der Waals surface area contributed by atoms with Crippen LogP contribution in [0.2, 0.25) is 0 Å². The van der Waals surface area contributed by atoms with Crippen LogP contribution in [-0.4, -0.2) is 49.7 Å². The highest BCUT2D eigenvalue weighted by Gasteiger charge is 2.32. The van der Waals surface area contributed by atoms with E-state index in [0.29, 0.717) is 71.1 Å². The van der Waals surface area contributed by atoms with Crippen molar-refractivity contribution < 1.29 is 26.8 Å². The normalized spacial score (nSPS) is 18.8. The average Bonchev–Trinajstić information content (AvgIpc) is 3.48. The summed E-state index contributed by atoms with van der Waals surface area (Å²) in [5, 5.41) is 4.80. The minimum atomic E-state index is -3.62. The van der Waals surface area contributed by atoms with Gasteiger partial charge >= 0.3 is 0 Å². The van der Waals surface area contributed by atoms with Gasteiger partial charge < -0.3 is 18.4 Å². The second-order valence-electron chi connectivity index (χ2n) is 9.70. The topological polar surface area (TPSA) is 108 Å². The van der Waals surface area contributed by atoms with E-state index in [4.69, 9.17) is 18.4 Å². The molecular weight excluding hydrogens is 494 g/mol. The van der Waals surface area contributed by atoms with Gasteiger partial charge in [0.25, 0.3) is 5.89 Å². The monoisotopic (exact) mass is 525 g/mol. The van der Waals surface area contributed by atoms with E-state index in [2.05, 4.69) is 24.0 Å². The number of aromatic nitrogens is 2. The van der Waals surface area contributed by atoms with Crippen LogP contribution in [0.15, 0.2) is 50.2 Å². The first-order valence-corrected chi connectivity index (χ1v) is 13.8. The zero-order valence-electron chi connectivity index (χ0n) is 21.6. The minimum absolute atomic E-state index is 0.208. The van der Waals surface area contributed by atoms with E-state index in [0.717, 1.165) is 12.0 Å². The van der Waals surface area contributed by atoms with Crippen molar-refractivity contribution in [2.45, 2.75) is 39.0 Å². The number of rotatable bonds is 7. The molecule has 10 heteroatoms. The van der Waals surface area contributed by atoms with Gasteiger partial charge in [-0.3, -0.25) is 0 Å². The summed E-state index contributed by atoms with van der Waals surface area (Å²) in [5.74, 6) is 2.83. The van der Waals surface area contributed by atoms with Crippen molar-refractivity contribution >= 4 is 21.0 Å². The highest BCUT2D eigenvalue weighted by atomic mass is 32.2. The number of ether oxygens (including phenoxy) is 2. The number of sulfonamides is 1. The predicted octanol–water partition coefficient (Wildman–Crippen LogP) is 5.53. The molecule has 0 aliphatic carbocycles. The maximum atomic E-state index is 13.4. The van der Waals surface area contributed by atoms with Gasteiger partial charge in [0.1, 0.15) is 5.58 Å². The average molecular weight is 526 g/mol. The van der Waals surface area contributed by atoms with Gasteiger partial charge in [-0.25, -0.2) is 8.42 Å². The molecule has 1 fully saturated rings. The van der Waals surface area contributed by atoms with E-state index in [1.165, 1.54) is 0 Å². The van der Waals surface area contributed by atoms with Crippen molar-refractivity contribution in [3.63, 3.8) is 0 Å². The van der Waals surface area contributed by atoms with Gasteiger partial charge in [0.15, 0.2) is 17.3 Å². The molecule has 0 amide bonds. The zero-order valence-corrected chi connectivity index (χ0v) is 22.5. The second kappa shape index (κ2) is 9.83. The van der Waals surface area contributed by atoms with Gasteiger partial charge in [-0.2, -0.15) is 9.29 Å². The number of furan rings is 1. The number of methoxy groups -OCH3 is 1. The first-order chi connectivity index (χ1) is 17.7. The Morgan fingerprint density at radius 1 is 1.08 bits per heavy atom. The van der Waals surface area contributed by atoms with Gasteiger partial charge in [0.2, 0.25) is 15.8 Å². The van der Waals surface area contributed by atoms with Gasteiger partial charge in [0.05, 0.1) is 18.6 Å². The fourth-order valence-electron chi connectivity index (χ4n) is 5.03. The molecule has 0 bridgehead atoms. The summed E-state index contributed by atoms with van der Waals surface area (Å²) in [5.41, 5.74) is 1.98. The summed E-state index contributed by atoms with van der Waals surface area (Å²) >= 11 is 0. The predicted molar refractivity (Wildman–Crippen MR) is 139 cm³/mol. The van der Waals surface area contributed by atoms with Crippen molar-refractivity contribution in [3.8, 4) is 34.5 Å². The van der Waals surface area contributed by atoms with Crippen molar-refractivity contribution in [1.29, 1.82) is 0 Å². The first-order valence-electron chi connectivity index (χ1n) is 12.4. The Morgan fingerprint density at radius 2 is 1.84 bits per heavy atom. The van der Waals surface area contributed by atoms with Gasteiger partial charge in [0, 0.05) is 29.6 Å². The Bertz CT molecular complexity index is 1530. The van der Waals surface area contributed by atoms with E-state index < -0.39 is 10.0 Å². The Hall–Kier alpha value is -3.37. The molecule has 5 rings (SSSR count). The van der Waals surface area contributed by atoms with Crippen LogP contribution in [0.25, 0.3) is 34.0 Å². The lowest BCUT2D eigenvalue weighted by Gasteiger charge is -2.34. The molecule has 2 aromatic heterocycles. The van der Waals surface area contributed by atoms with E-state index in [1.54, 1.807) is 41.7 Å². The number of nitrogens with zero attached hydrogens (tertiary/aromatic N) is 3. The maximum absolute atomic E-state index is 13.4. The molecule has 2 atom stereocenters. The second-order valence-corrected chi connectivity index (χ2v) is 11.6. The molecule has 0 unspecified atom stereocenters. The molecule has 1 aliphatic heterocycles. The highest BCUT2D eigenvalue weighted by molar-refractivity contribution is 7.89. The Labute approximate surface area is 216 Å². The molecule has 4 aromatic rings. The molecular formula is C27H31N3O6S. The Morgan fingerprint density at radius 3 is 2.54 bits per heavy atom. The van der Waals surface area contributed by atoms with E-state index >= 15 is 0 Å². The molecule has 3 heterocycles. The number of hydrogen-bond acceptors (Lipinski definition) is 8. The van der Waals surface area contributed by atoms with Gasteiger partial charge in [-0.1, -0.05) is 19.0 Å². The molecule has 0 saturated carbocycles. The third-order valence-corrected chi connectivity index (χ3v) is 8.55. The molecule has 2 aromatic carbocycles. The molecule has 0 N–H and O–H groups in total. The van der Waals surface area contributed by atoms with Crippen LogP contribution < -0.4 is 9.47 Å². The van der Waals surface area contributed by atoms with Gasteiger partial charge in [-0.15, -0.1) is 0 Å². The fourth-order valence-corrected chi connectivity index (χ4v) is 6.74. The van der Waals surface area contributed by atoms with Crippen LogP contribution in [0.1, 0.15) is 32.8 Å². The molecule has 0 radical (unpaired) electrons. The standard InChI is InChI=1S/C27H31N3O6S/c1-6-34-23-9-7-19(12-24(23)33-5)26-28-27(36-29-26)25-18(4)21-13-20(8-10-22(21)35-25)37(31,32)30-14-16(2)11-17(3)15-30/h7-10,12-13,16-17H,6,11,14-15H2,1-5H3/t16-,17-/m0/s1. The van der Waals surface area contributed by atoms with Crippen molar-refractivity contribution in [2.75, 3.05) is 26.8 Å². The lowest BCUT2D eigenvalue weighted by molar-refractivity contribution is 0.222. The largest absolute Gasteiger partial charge is 0.493 e. The summed E-state index contributed by atoms with van der Waals surface area (Å²) in [7, 11) is -2.05. The fraction of sp³-hybridized carbons (Fsp3) is 0.407. The Balaban J connectivity index is 1.47. The highest BCUT2D eigenvalue weighted by Crippen LogP contribution is 2.37. The van der Waals surface area contributed by atoms with Crippen LogP contribution in [0.3, 0.4) is 0 Å². The van der Waals surface area contributed by atoms with Gasteiger partial charge in [-0.05, 0) is 68.5 Å². The van der Waals surface area contributed by atoms with Crippen LogP contribution in [0, 0.1) is 18.8 Å². The van der Waals surface area contributed by atoms with Crippen LogP contribution in [-0.2, 0) is 10.0 Å². The summed E-state index contributed by atoms with van der Waals surface area (Å²) in [6, 6.07) is 10.4. The smallest absolute Gasteiger partial charge is 0.294 e. The number of hydrogen-bond donors (Lipinski definition) is 0. The lowest BCUT2D eigenvalue weighted by Crippen LogP contribution is -2.42. The third kappa shape index (κ3) is 4.71.